The smallest absolute Gasteiger partial charge is 0.0995 e. The Morgan fingerprint density at radius 3 is 2.43 bits per heavy atom. The van der Waals surface area contributed by atoms with Crippen molar-refractivity contribution in [3.8, 4) is 0 Å². The minimum atomic E-state index is -0.956. The van der Waals surface area contributed by atoms with Gasteiger partial charge in [0, 0.05) is 6.04 Å². The molecule has 2 aliphatic rings. The zero-order valence-corrected chi connectivity index (χ0v) is 8.11. The number of hydrogen-bond donors (Lipinski definition) is 4. The molecular formula is C9H17NO4. The second-order valence-electron chi connectivity index (χ2n) is 4.32. The fourth-order valence-electron chi connectivity index (χ4n) is 2.86. The Morgan fingerprint density at radius 2 is 1.86 bits per heavy atom. The largest absolute Gasteiger partial charge is 0.395 e. The van der Waals surface area contributed by atoms with Crippen LogP contribution in [0.4, 0.5) is 0 Å². The lowest BCUT2D eigenvalue weighted by Crippen LogP contribution is -2.43. The van der Waals surface area contributed by atoms with Crippen molar-refractivity contribution in [2.45, 2.75) is 49.8 Å². The molecule has 2 fully saturated rings. The summed E-state index contributed by atoms with van der Waals surface area (Å²) in [7, 11) is 0. The molecule has 0 aliphatic carbocycles. The van der Waals surface area contributed by atoms with Crippen LogP contribution in [0, 0.1) is 0 Å². The Hall–Kier alpha value is -0.200. The molecule has 5 heteroatoms. The fourth-order valence-corrected chi connectivity index (χ4v) is 2.86. The fraction of sp³-hybridized carbons (Fsp3) is 1.00. The summed E-state index contributed by atoms with van der Waals surface area (Å²) in [6.07, 6.45) is -1.92. The molecule has 5 nitrogen and oxygen atoms in total. The zero-order chi connectivity index (χ0) is 10.5. The summed E-state index contributed by atoms with van der Waals surface area (Å²) in [4.78, 5) is 1.83. The van der Waals surface area contributed by atoms with Crippen LogP contribution >= 0.6 is 0 Å². The van der Waals surface area contributed by atoms with Crippen LogP contribution in [0.25, 0.3) is 0 Å². The highest BCUT2D eigenvalue weighted by molar-refractivity contribution is 5.09. The molecule has 2 rings (SSSR count). The highest BCUT2D eigenvalue weighted by atomic mass is 16.3. The van der Waals surface area contributed by atoms with Crippen molar-refractivity contribution in [2.75, 3.05) is 6.61 Å². The second kappa shape index (κ2) is 3.43. The molecule has 0 aromatic heterocycles. The van der Waals surface area contributed by atoms with E-state index in [1.54, 1.807) is 0 Å². The highest BCUT2D eigenvalue weighted by Gasteiger charge is 2.55. The summed E-state index contributed by atoms with van der Waals surface area (Å²) in [6, 6.07) is -0.766. The summed E-state index contributed by atoms with van der Waals surface area (Å²) in [5, 5.41) is 38.1. The Balaban J connectivity index is 2.25. The minimum absolute atomic E-state index is 0.0962. The van der Waals surface area contributed by atoms with Gasteiger partial charge in [-0.25, -0.2) is 0 Å². The molecule has 0 bridgehead atoms. The van der Waals surface area contributed by atoms with Crippen LogP contribution in [0.2, 0.25) is 0 Å². The van der Waals surface area contributed by atoms with Crippen LogP contribution in [-0.4, -0.2) is 68.4 Å². The van der Waals surface area contributed by atoms with Gasteiger partial charge in [0.05, 0.1) is 37.0 Å². The highest BCUT2D eigenvalue weighted by Crippen LogP contribution is 2.37. The summed E-state index contributed by atoms with van der Waals surface area (Å²) in [6.45, 7) is 1.74. The van der Waals surface area contributed by atoms with Crippen molar-refractivity contribution in [3.05, 3.63) is 0 Å². The molecule has 6 atom stereocenters. The monoisotopic (exact) mass is 203 g/mol. The molecule has 0 saturated carbocycles. The van der Waals surface area contributed by atoms with E-state index in [9.17, 15) is 15.3 Å². The first-order valence-corrected chi connectivity index (χ1v) is 5.00. The summed E-state index contributed by atoms with van der Waals surface area (Å²) >= 11 is 0. The SMILES string of the molecule is C[C@H]1C[C@@H](O)[C@@H]2[C@H](O)[C@H](O)[C@@H](CO)N21. The number of nitrogens with zero attached hydrogens (tertiary/aromatic N) is 1. The lowest BCUT2D eigenvalue weighted by Gasteiger charge is -2.27. The predicted octanol–water partition coefficient (Wildman–Crippen LogP) is -2.09. The van der Waals surface area contributed by atoms with Crippen LogP contribution in [0.1, 0.15) is 13.3 Å². The number of hydrogen-bond acceptors (Lipinski definition) is 5. The molecule has 2 aliphatic heterocycles. The third-order valence-corrected chi connectivity index (χ3v) is 3.49. The van der Waals surface area contributed by atoms with Crippen LogP contribution in [0.15, 0.2) is 0 Å². The van der Waals surface area contributed by atoms with E-state index in [4.69, 9.17) is 5.11 Å². The quantitative estimate of drug-likeness (QED) is 0.392. The maximum Gasteiger partial charge on any atom is 0.0995 e. The van der Waals surface area contributed by atoms with Crippen molar-refractivity contribution in [1.82, 2.24) is 4.90 Å². The Bertz CT molecular complexity index is 225. The van der Waals surface area contributed by atoms with Gasteiger partial charge in [-0.3, -0.25) is 4.90 Å². The number of fused-ring (bicyclic) bond motifs is 1. The van der Waals surface area contributed by atoms with Crippen LogP contribution < -0.4 is 0 Å². The van der Waals surface area contributed by atoms with E-state index < -0.39 is 30.4 Å². The van der Waals surface area contributed by atoms with Gasteiger partial charge in [-0.05, 0) is 13.3 Å². The Labute approximate surface area is 82.6 Å². The Kier molecular flexibility index (Phi) is 2.53. The third kappa shape index (κ3) is 1.20. The molecule has 0 unspecified atom stereocenters. The van der Waals surface area contributed by atoms with Gasteiger partial charge in [0.25, 0.3) is 0 Å². The minimum Gasteiger partial charge on any atom is -0.395 e. The average Bonchev–Trinajstić information content (AvgIpc) is 2.55. The van der Waals surface area contributed by atoms with E-state index in [0.717, 1.165) is 0 Å². The number of rotatable bonds is 1. The van der Waals surface area contributed by atoms with Gasteiger partial charge in [0.15, 0.2) is 0 Å². The molecule has 0 spiro atoms. The zero-order valence-electron chi connectivity index (χ0n) is 8.11. The first-order chi connectivity index (χ1) is 6.57. The molecule has 4 N–H and O–H groups in total. The molecule has 14 heavy (non-hydrogen) atoms. The third-order valence-electron chi connectivity index (χ3n) is 3.49. The Morgan fingerprint density at radius 1 is 1.21 bits per heavy atom. The van der Waals surface area contributed by atoms with Gasteiger partial charge in [0.2, 0.25) is 0 Å². The van der Waals surface area contributed by atoms with Gasteiger partial charge in [-0.1, -0.05) is 0 Å². The molecule has 0 aromatic rings. The van der Waals surface area contributed by atoms with E-state index in [1.165, 1.54) is 0 Å². The molecule has 2 heterocycles. The number of aliphatic hydroxyl groups excluding tert-OH is 4. The summed E-state index contributed by atoms with van der Waals surface area (Å²) < 4.78 is 0. The molecule has 0 amide bonds. The standard InChI is InChI=1S/C9H17NO4/c1-4-2-6(12)7-9(14)8(13)5(3-11)10(4)7/h4-9,11-14H,2-3H2,1H3/t4-,5+,6+,7+,8+,9-/m0/s1. The van der Waals surface area contributed by atoms with E-state index in [-0.39, 0.29) is 12.6 Å². The summed E-state index contributed by atoms with van der Waals surface area (Å²) in [5.41, 5.74) is 0. The molecule has 2 saturated heterocycles. The van der Waals surface area contributed by atoms with E-state index >= 15 is 0 Å². The average molecular weight is 203 g/mol. The lowest BCUT2D eigenvalue weighted by atomic mass is 10.0. The topological polar surface area (TPSA) is 84.2 Å². The van der Waals surface area contributed by atoms with Crippen molar-refractivity contribution in [2.24, 2.45) is 0 Å². The second-order valence-corrected chi connectivity index (χ2v) is 4.32. The van der Waals surface area contributed by atoms with Crippen LogP contribution in [0.5, 0.6) is 0 Å². The predicted molar refractivity (Wildman–Crippen MR) is 48.6 cm³/mol. The van der Waals surface area contributed by atoms with Crippen LogP contribution in [-0.2, 0) is 0 Å². The lowest BCUT2D eigenvalue weighted by molar-refractivity contribution is -0.00155. The van der Waals surface area contributed by atoms with Crippen molar-refractivity contribution in [3.63, 3.8) is 0 Å². The normalized spacial score (nSPS) is 53.8. The maximum atomic E-state index is 9.69. The molecular weight excluding hydrogens is 186 g/mol. The van der Waals surface area contributed by atoms with Gasteiger partial charge < -0.3 is 20.4 Å². The van der Waals surface area contributed by atoms with Crippen molar-refractivity contribution in [1.29, 1.82) is 0 Å². The van der Waals surface area contributed by atoms with Crippen molar-refractivity contribution >= 4 is 0 Å². The van der Waals surface area contributed by atoms with Gasteiger partial charge >= 0.3 is 0 Å². The first-order valence-electron chi connectivity index (χ1n) is 5.00. The molecule has 82 valence electrons. The van der Waals surface area contributed by atoms with Gasteiger partial charge in [-0.15, -0.1) is 0 Å². The van der Waals surface area contributed by atoms with E-state index in [2.05, 4.69) is 0 Å². The summed E-state index contributed by atoms with van der Waals surface area (Å²) in [5.74, 6) is 0. The van der Waals surface area contributed by atoms with Crippen molar-refractivity contribution < 1.29 is 20.4 Å². The van der Waals surface area contributed by atoms with Crippen LogP contribution in [0.3, 0.4) is 0 Å². The first kappa shape index (κ1) is 10.3. The molecule has 0 aromatic carbocycles. The van der Waals surface area contributed by atoms with Gasteiger partial charge in [-0.2, -0.15) is 0 Å². The molecule has 0 radical (unpaired) electrons. The van der Waals surface area contributed by atoms with Gasteiger partial charge in [0.1, 0.15) is 0 Å². The van der Waals surface area contributed by atoms with E-state index in [1.807, 2.05) is 11.8 Å². The number of aliphatic hydroxyl groups is 4. The maximum absolute atomic E-state index is 9.69. The van der Waals surface area contributed by atoms with E-state index in [0.29, 0.717) is 6.42 Å².